The maximum absolute atomic E-state index is 13.9. The Morgan fingerprint density at radius 1 is 0.962 bits per heavy atom. The van der Waals surface area contributed by atoms with Gasteiger partial charge in [-0.15, -0.1) is 0 Å². The Balaban J connectivity index is 1.86. The SMILES string of the molecule is COc1ccc(C[C@H]2COc3cc(OC)c(OC)c(OC)c3C2)cc1F. The molecular formula is C20H23FO5. The summed E-state index contributed by atoms with van der Waals surface area (Å²) in [6.07, 6.45) is 1.43. The van der Waals surface area contributed by atoms with E-state index in [1.54, 1.807) is 27.4 Å². The normalized spacial score (nSPS) is 15.7. The summed E-state index contributed by atoms with van der Waals surface area (Å²) < 4.78 is 41.2. The molecule has 2 aromatic rings. The van der Waals surface area contributed by atoms with Crippen LogP contribution in [0, 0.1) is 11.7 Å². The monoisotopic (exact) mass is 362 g/mol. The molecule has 0 aromatic heterocycles. The lowest BCUT2D eigenvalue weighted by Gasteiger charge is -2.28. The zero-order valence-corrected chi connectivity index (χ0v) is 15.4. The van der Waals surface area contributed by atoms with Crippen LogP contribution < -0.4 is 23.7 Å². The zero-order chi connectivity index (χ0) is 18.7. The van der Waals surface area contributed by atoms with E-state index in [4.69, 9.17) is 23.7 Å². The Morgan fingerprint density at radius 2 is 1.69 bits per heavy atom. The minimum Gasteiger partial charge on any atom is -0.494 e. The molecule has 26 heavy (non-hydrogen) atoms. The lowest BCUT2D eigenvalue weighted by Crippen LogP contribution is -2.23. The highest BCUT2D eigenvalue weighted by atomic mass is 19.1. The van der Waals surface area contributed by atoms with Crippen LogP contribution in [0.4, 0.5) is 4.39 Å². The van der Waals surface area contributed by atoms with Crippen molar-refractivity contribution in [3.05, 3.63) is 41.2 Å². The van der Waals surface area contributed by atoms with Crippen molar-refractivity contribution >= 4 is 0 Å². The summed E-state index contributed by atoms with van der Waals surface area (Å²) in [6.45, 7) is 0.541. The maximum atomic E-state index is 13.9. The number of rotatable bonds is 6. The van der Waals surface area contributed by atoms with Crippen molar-refractivity contribution in [2.75, 3.05) is 35.0 Å². The standard InChI is InChI=1S/C20H23FO5/c1-22-16-6-5-12(9-15(16)21)7-13-8-14-17(26-11-13)10-18(23-2)20(25-4)19(14)24-3/h5-6,9-10,13H,7-8,11H2,1-4H3/t13-/m1/s1. The van der Waals surface area contributed by atoms with Crippen molar-refractivity contribution in [3.63, 3.8) is 0 Å². The van der Waals surface area contributed by atoms with Crippen molar-refractivity contribution < 1.29 is 28.1 Å². The molecular weight excluding hydrogens is 339 g/mol. The van der Waals surface area contributed by atoms with Gasteiger partial charge in [0.2, 0.25) is 5.75 Å². The summed E-state index contributed by atoms with van der Waals surface area (Å²) in [5.41, 5.74) is 1.84. The van der Waals surface area contributed by atoms with Crippen LogP contribution in [-0.4, -0.2) is 35.0 Å². The maximum Gasteiger partial charge on any atom is 0.203 e. The average Bonchev–Trinajstić information content (AvgIpc) is 2.66. The number of hydrogen-bond acceptors (Lipinski definition) is 5. The van der Waals surface area contributed by atoms with Crippen LogP contribution in [-0.2, 0) is 12.8 Å². The second-order valence-electron chi connectivity index (χ2n) is 6.18. The molecule has 1 heterocycles. The van der Waals surface area contributed by atoms with Gasteiger partial charge >= 0.3 is 0 Å². The molecule has 0 fully saturated rings. The molecule has 0 bridgehead atoms. The van der Waals surface area contributed by atoms with Crippen LogP contribution in [0.5, 0.6) is 28.7 Å². The van der Waals surface area contributed by atoms with Crippen LogP contribution in [0.2, 0.25) is 0 Å². The van der Waals surface area contributed by atoms with E-state index in [9.17, 15) is 4.39 Å². The molecule has 1 aliphatic heterocycles. The van der Waals surface area contributed by atoms with Gasteiger partial charge in [0, 0.05) is 17.5 Å². The third-order valence-electron chi connectivity index (χ3n) is 4.60. The number of ether oxygens (including phenoxy) is 5. The van der Waals surface area contributed by atoms with Gasteiger partial charge in [0.1, 0.15) is 5.75 Å². The lowest BCUT2D eigenvalue weighted by molar-refractivity contribution is 0.213. The minimum atomic E-state index is -0.355. The summed E-state index contributed by atoms with van der Waals surface area (Å²) >= 11 is 0. The molecule has 1 aliphatic rings. The Labute approximate surface area is 152 Å². The van der Waals surface area contributed by atoms with E-state index in [0.29, 0.717) is 30.3 Å². The van der Waals surface area contributed by atoms with E-state index in [1.807, 2.05) is 12.1 Å². The van der Waals surface area contributed by atoms with Gasteiger partial charge < -0.3 is 23.7 Å². The molecule has 0 amide bonds. The van der Waals surface area contributed by atoms with Crippen LogP contribution in [0.15, 0.2) is 24.3 Å². The molecule has 3 rings (SSSR count). The number of benzene rings is 2. The van der Waals surface area contributed by atoms with Crippen molar-refractivity contribution in [2.24, 2.45) is 5.92 Å². The Kier molecular flexibility index (Phi) is 5.40. The van der Waals surface area contributed by atoms with E-state index in [1.165, 1.54) is 13.2 Å². The molecule has 0 radical (unpaired) electrons. The summed E-state index contributed by atoms with van der Waals surface area (Å²) in [7, 11) is 6.21. The highest BCUT2D eigenvalue weighted by Gasteiger charge is 2.28. The average molecular weight is 362 g/mol. The van der Waals surface area contributed by atoms with Gasteiger partial charge in [0.05, 0.1) is 35.0 Å². The molecule has 1 atom stereocenters. The molecule has 5 nitrogen and oxygen atoms in total. The Hall–Kier alpha value is -2.63. The molecule has 140 valence electrons. The van der Waals surface area contributed by atoms with E-state index >= 15 is 0 Å². The topological polar surface area (TPSA) is 46.2 Å². The molecule has 0 N–H and O–H groups in total. The molecule has 0 saturated heterocycles. The second-order valence-corrected chi connectivity index (χ2v) is 6.18. The van der Waals surface area contributed by atoms with Crippen LogP contribution in [0.25, 0.3) is 0 Å². The molecule has 0 aliphatic carbocycles. The fourth-order valence-electron chi connectivity index (χ4n) is 3.37. The molecule has 2 aromatic carbocycles. The van der Waals surface area contributed by atoms with E-state index in [2.05, 4.69) is 0 Å². The van der Waals surface area contributed by atoms with Crippen molar-refractivity contribution in [1.29, 1.82) is 0 Å². The van der Waals surface area contributed by atoms with Crippen LogP contribution in [0.1, 0.15) is 11.1 Å². The van der Waals surface area contributed by atoms with Gasteiger partial charge in [0.25, 0.3) is 0 Å². The predicted octanol–water partition coefficient (Wildman–Crippen LogP) is 3.65. The van der Waals surface area contributed by atoms with E-state index in [0.717, 1.165) is 23.3 Å². The lowest BCUT2D eigenvalue weighted by atomic mass is 9.90. The first-order chi connectivity index (χ1) is 12.6. The summed E-state index contributed by atoms with van der Waals surface area (Å²) in [6, 6.07) is 6.86. The number of methoxy groups -OCH3 is 4. The predicted molar refractivity (Wildman–Crippen MR) is 95.4 cm³/mol. The minimum absolute atomic E-state index is 0.197. The fraction of sp³-hybridized carbons (Fsp3) is 0.400. The summed E-state index contributed by atoms with van der Waals surface area (Å²) in [5.74, 6) is 2.56. The van der Waals surface area contributed by atoms with E-state index in [-0.39, 0.29) is 17.5 Å². The summed E-state index contributed by atoms with van der Waals surface area (Å²) in [5, 5.41) is 0. The van der Waals surface area contributed by atoms with Gasteiger partial charge in [0.15, 0.2) is 23.1 Å². The molecule has 0 saturated carbocycles. The van der Waals surface area contributed by atoms with Crippen LogP contribution >= 0.6 is 0 Å². The third-order valence-corrected chi connectivity index (χ3v) is 4.60. The van der Waals surface area contributed by atoms with Gasteiger partial charge in [-0.05, 0) is 30.5 Å². The Bertz CT molecular complexity index is 790. The molecule has 0 unspecified atom stereocenters. The number of fused-ring (bicyclic) bond motifs is 1. The van der Waals surface area contributed by atoms with Gasteiger partial charge in [-0.1, -0.05) is 6.07 Å². The first-order valence-electron chi connectivity index (χ1n) is 8.38. The van der Waals surface area contributed by atoms with Gasteiger partial charge in [-0.2, -0.15) is 0 Å². The zero-order valence-electron chi connectivity index (χ0n) is 15.4. The quantitative estimate of drug-likeness (QED) is 0.785. The number of halogens is 1. The van der Waals surface area contributed by atoms with Crippen molar-refractivity contribution in [2.45, 2.75) is 12.8 Å². The van der Waals surface area contributed by atoms with Crippen molar-refractivity contribution in [1.82, 2.24) is 0 Å². The largest absolute Gasteiger partial charge is 0.494 e. The van der Waals surface area contributed by atoms with Crippen molar-refractivity contribution in [3.8, 4) is 28.7 Å². The highest BCUT2D eigenvalue weighted by Crippen LogP contribution is 2.47. The smallest absolute Gasteiger partial charge is 0.203 e. The van der Waals surface area contributed by atoms with Gasteiger partial charge in [-0.25, -0.2) is 4.39 Å². The first kappa shape index (κ1) is 18.2. The Morgan fingerprint density at radius 3 is 2.31 bits per heavy atom. The molecule has 0 spiro atoms. The molecule has 6 heteroatoms. The summed E-state index contributed by atoms with van der Waals surface area (Å²) in [4.78, 5) is 0. The second kappa shape index (κ2) is 7.72. The number of hydrogen-bond donors (Lipinski definition) is 0. The first-order valence-corrected chi connectivity index (χ1v) is 8.38. The highest BCUT2D eigenvalue weighted by molar-refractivity contribution is 5.62. The third kappa shape index (κ3) is 3.36. The van der Waals surface area contributed by atoms with E-state index < -0.39 is 0 Å². The van der Waals surface area contributed by atoms with Crippen LogP contribution in [0.3, 0.4) is 0 Å². The van der Waals surface area contributed by atoms with Gasteiger partial charge in [-0.3, -0.25) is 0 Å². The fourth-order valence-corrected chi connectivity index (χ4v) is 3.37.